The first-order valence-electron chi connectivity index (χ1n) is 7.51. The Kier molecular flexibility index (Phi) is 5.63. The summed E-state index contributed by atoms with van der Waals surface area (Å²) in [7, 11) is -3.26. The fourth-order valence-corrected chi connectivity index (χ4v) is 2.85. The number of benzene rings is 2. The van der Waals surface area contributed by atoms with E-state index >= 15 is 0 Å². The zero-order valence-electron chi connectivity index (χ0n) is 13.3. The number of sulfonamides is 1. The van der Waals surface area contributed by atoms with Crippen molar-refractivity contribution in [2.45, 2.75) is 26.5 Å². The summed E-state index contributed by atoms with van der Waals surface area (Å²) in [6.07, 6.45) is 0. The van der Waals surface area contributed by atoms with E-state index in [1.54, 1.807) is 19.1 Å². The lowest BCUT2D eigenvalue weighted by atomic mass is 10.1. The molecule has 0 unspecified atom stereocenters. The lowest BCUT2D eigenvalue weighted by Crippen LogP contribution is -2.14. The fraction of sp³-hybridized carbons (Fsp3) is 0.294. The van der Waals surface area contributed by atoms with Crippen LogP contribution in [0.4, 0.5) is 11.4 Å². The Labute approximate surface area is 137 Å². The van der Waals surface area contributed by atoms with E-state index in [0.717, 1.165) is 16.8 Å². The quantitative estimate of drug-likeness (QED) is 0.727. The molecule has 2 rings (SSSR count). The first kappa shape index (κ1) is 17.3. The molecule has 1 atom stereocenters. The number of aliphatic hydroxyl groups is 1. The predicted octanol–water partition coefficient (Wildman–Crippen LogP) is 3.11. The van der Waals surface area contributed by atoms with Crippen LogP contribution in [0.1, 0.15) is 31.0 Å². The van der Waals surface area contributed by atoms with Crippen molar-refractivity contribution in [1.29, 1.82) is 0 Å². The minimum absolute atomic E-state index is 0.0202. The SMILES string of the molecule is CCS(=O)(=O)Nc1ccc([C@@H](C)Nc2ccccc2CO)cc1. The third-order valence-electron chi connectivity index (χ3n) is 3.62. The summed E-state index contributed by atoms with van der Waals surface area (Å²) >= 11 is 0. The molecule has 124 valence electrons. The van der Waals surface area contributed by atoms with Gasteiger partial charge in [-0.2, -0.15) is 0 Å². The molecule has 0 aliphatic carbocycles. The Balaban J connectivity index is 2.10. The number of hydrogen-bond acceptors (Lipinski definition) is 4. The largest absolute Gasteiger partial charge is 0.392 e. The molecule has 0 aromatic heterocycles. The van der Waals surface area contributed by atoms with Crippen LogP contribution in [-0.4, -0.2) is 19.3 Å². The molecule has 23 heavy (non-hydrogen) atoms. The van der Waals surface area contributed by atoms with Gasteiger partial charge in [0.05, 0.1) is 12.4 Å². The first-order valence-corrected chi connectivity index (χ1v) is 9.16. The number of rotatable bonds is 7. The number of hydrogen-bond donors (Lipinski definition) is 3. The maximum absolute atomic E-state index is 11.6. The van der Waals surface area contributed by atoms with Crippen LogP contribution in [0.15, 0.2) is 48.5 Å². The average molecular weight is 334 g/mol. The van der Waals surface area contributed by atoms with Crippen LogP contribution in [0, 0.1) is 0 Å². The fourth-order valence-electron chi connectivity index (χ4n) is 2.21. The molecule has 3 N–H and O–H groups in total. The molecular formula is C17H22N2O3S. The van der Waals surface area contributed by atoms with Crippen LogP contribution in [0.25, 0.3) is 0 Å². The smallest absolute Gasteiger partial charge is 0.232 e. The second kappa shape index (κ2) is 7.48. The third-order valence-corrected chi connectivity index (χ3v) is 4.93. The standard InChI is InChI=1S/C17H22N2O3S/c1-3-23(21,22)19-16-10-8-14(9-11-16)13(2)18-17-7-5-4-6-15(17)12-20/h4-11,13,18-20H,3,12H2,1-2H3/t13-/m1/s1. The minimum atomic E-state index is -3.26. The average Bonchev–Trinajstić information content (AvgIpc) is 2.55. The summed E-state index contributed by atoms with van der Waals surface area (Å²) in [5, 5.41) is 12.7. The van der Waals surface area contributed by atoms with Crippen LogP contribution in [-0.2, 0) is 16.6 Å². The van der Waals surface area contributed by atoms with Crippen molar-refractivity contribution in [3.8, 4) is 0 Å². The van der Waals surface area contributed by atoms with E-state index in [1.807, 2.05) is 43.3 Å². The van der Waals surface area contributed by atoms with Gasteiger partial charge in [0.1, 0.15) is 0 Å². The lowest BCUT2D eigenvalue weighted by Gasteiger charge is -2.18. The molecule has 6 heteroatoms. The highest BCUT2D eigenvalue weighted by molar-refractivity contribution is 7.92. The summed E-state index contributed by atoms with van der Waals surface area (Å²) in [6.45, 7) is 3.59. The maximum atomic E-state index is 11.6. The Morgan fingerprint density at radius 3 is 2.35 bits per heavy atom. The van der Waals surface area contributed by atoms with E-state index in [0.29, 0.717) is 5.69 Å². The number of anilines is 2. The summed E-state index contributed by atoms with van der Waals surface area (Å²) in [5.41, 5.74) is 3.31. The molecule has 0 aliphatic rings. The van der Waals surface area contributed by atoms with E-state index < -0.39 is 10.0 Å². The Hall–Kier alpha value is -2.05. The van der Waals surface area contributed by atoms with Gasteiger partial charge in [0, 0.05) is 23.0 Å². The van der Waals surface area contributed by atoms with Crippen molar-refractivity contribution in [1.82, 2.24) is 0 Å². The van der Waals surface area contributed by atoms with E-state index in [2.05, 4.69) is 10.0 Å². The molecule has 0 radical (unpaired) electrons. The highest BCUT2D eigenvalue weighted by Crippen LogP contribution is 2.23. The summed E-state index contributed by atoms with van der Waals surface area (Å²) in [6, 6.07) is 14.9. The summed E-state index contributed by atoms with van der Waals surface area (Å²) in [5.74, 6) is 0.0463. The van der Waals surface area contributed by atoms with E-state index in [-0.39, 0.29) is 18.4 Å². The van der Waals surface area contributed by atoms with E-state index in [9.17, 15) is 13.5 Å². The van der Waals surface area contributed by atoms with Crippen molar-refractivity contribution in [2.24, 2.45) is 0 Å². The molecule has 2 aromatic rings. The third kappa shape index (κ3) is 4.71. The predicted molar refractivity (Wildman–Crippen MR) is 93.9 cm³/mol. The van der Waals surface area contributed by atoms with Gasteiger partial charge in [0.25, 0.3) is 0 Å². The second-order valence-corrected chi connectivity index (χ2v) is 7.32. The van der Waals surface area contributed by atoms with Crippen LogP contribution >= 0.6 is 0 Å². The van der Waals surface area contributed by atoms with Crippen LogP contribution in [0.5, 0.6) is 0 Å². The van der Waals surface area contributed by atoms with Crippen molar-refractivity contribution < 1.29 is 13.5 Å². The molecule has 0 amide bonds. The van der Waals surface area contributed by atoms with Gasteiger partial charge in [-0.1, -0.05) is 30.3 Å². The Morgan fingerprint density at radius 2 is 1.74 bits per heavy atom. The molecule has 2 aromatic carbocycles. The van der Waals surface area contributed by atoms with Crippen LogP contribution in [0.3, 0.4) is 0 Å². The monoisotopic (exact) mass is 334 g/mol. The Bertz CT molecular complexity index is 743. The van der Waals surface area contributed by atoms with E-state index in [1.165, 1.54) is 0 Å². The molecule has 0 aliphatic heterocycles. The second-order valence-electron chi connectivity index (χ2n) is 5.31. The van der Waals surface area contributed by atoms with Crippen molar-refractivity contribution >= 4 is 21.4 Å². The highest BCUT2D eigenvalue weighted by Gasteiger charge is 2.10. The number of nitrogens with one attached hydrogen (secondary N) is 2. The summed E-state index contributed by atoms with van der Waals surface area (Å²) < 4.78 is 25.6. The molecule has 0 bridgehead atoms. The number of para-hydroxylation sites is 1. The Morgan fingerprint density at radius 1 is 1.09 bits per heavy atom. The van der Waals surface area contributed by atoms with Crippen molar-refractivity contribution in [3.05, 3.63) is 59.7 Å². The van der Waals surface area contributed by atoms with E-state index in [4.69, 9.17) is 0 Å². The molecule has 0 saturated heterocycles. The minimum Gasteiger partial charge on any atom is -0.392 e. The zero-order chi connectivity index (χ0) is 16.9. The maximum Gasteiger partial charge on any atom is 0.232 e. The van der Waals surface area contributed by atoms with Gasteiger partial charge in [-0.3, -0.25) is 4.72 Å². The normalized spacial score (nSPS) is 12.7. The molecule has 0 spiro atoms. The number of aliphatic hydroxyl groups excluding tert-OH is 1. The first-order chi connectivity index (χ1) is 10.9. The van der Waals surface area contributed by atoms with Crippen LogP contribution in [0.2, 0.25) is 0 Å². The van der Waals surface area contributed by atoms with Gasteiger partial charge >= 0.3 is 0 Å². The topological polar surface area (TPSA) is 78.4 Å². The summed E-state index contributed by atoms with van der Waals surface area (Å²) in [4.78, 5) is 0. The molecule has 0 fully saturated rings. The van der Waals surface area contributed by atoms with Gasteiger partial charge in [-0.15, -0.1) is 0 Å². The molecule has 5 nitrogen and oxygen atoms in total. The van der Waals surface area contributed by atoms with Gasteiger partial charge in [-0.05, 0) is 37.6 Å². The van der Waals surface area contributed by atoms with Gasteiger partial charge in [-0.25, -0.2) is 8.42 Å². The van der Waals surface area contributed by atoms with Gasteiger partial charge in [0.15, 0.2) is 0 Å². The van der Waals surface area contributed by atoms with Crippen LogP contribution < -0.4 is 10.0 Å². The molecule has 0 saturated carbocycles. The lowest BCUT2D eigenvalue weighted by molar-refractivity contribution is 0.282. The highest BCUT2D eigenvalue weighted by atomic mass is 32.2. The van der Waals surface area contributed by atoms with Gasteiger partial charge in [0.2, 0.25) is 10.0 Å². The van der Waals surface area contributed by atoms with Crippen molar-refractivity contribution in [3.63, 3.8) is 0 Å². The molecular weight excluding hydrogens is 312 g/mol. The zero-order valence-corrected chi connectivity index (χ0v) is 14.1. The molecule has 0 heterocycles. The van der Waals surface area contributed by atoms with Gasteiger partial charge < -0.3 is 10.4 Å². The van der Waals surface area contributed by atoms with Crippen molar-refractivity contribution in [2.75, 3.05) is 15.8 Å².